The zero-order valence-electron chi connectivity index (χ0n) is 9.72. The second-order valence-corrected chi connectivity index (χ2v) is 11.0. The summed E-state index contributed by atoms with van der Waals surface area (Å²) >= 11 is 7.96. The molecule has 0 radical (unpaired) electrons. The molecule has 3 rings (SSSR count). The fourth-order valence-electron chi connectivity index (χ4n) is 2.48. The van der Waals surface area contributed by atoms with Crippen molar-refractivity contribution in [2.24, 2.45) is 0 Å². The van der Waals surface area contributed by atoms with Crippen LogP contribution in [0.1, 0.15) is 19.3 Å². The van der Waals surface area contributed by atoms with Gasteiger partial charge in [0.1, 0.15) is 4.08 Å². The SMILES string of the molecule is OC1OCC2(CC13SCCCS3)SCCCS2. The summed E-state index contributed by atoms with van der Waals surface area (Å²) in [4.78, 5) is 0. The van der Waals surface area contributed by atoms with E-state index in [9.17, 15) is 5.11 Å². The first kappa shape index (κ1) is 13.3. The minimum atomic E-state index is -0.577. The van der Waals surface area contributed by atoms with Crippen LogP contribution in [-0.4, -0.2) is 49.2 Å². The highest BCUT2D eigenvalue weighted by atomic mass is 32.2. The molecule has 3 heterocycles. The lowest BCUT2D eigenvalue weighted by Gasteiger charge is -2.51. The Balaban J connectivity index is 1.77. The van der Waals surface area contributed by atoms with Crippen molar-refractivity contribution in [3.05, 3.63) is 0 Å². The van der Waals surface area contributed by atoms with E-state index in [-0.39, 0.29) is 8.16 Å². The number of ether oxygens (including phenoxy) is 1. The van der Waals surface area contributed by atoms with Gasteiger partial charge in [0.25, 0.3) is 0 Å². The molecule has 3 aliphatic rings. The van der Waals surface area contributed by atoms with Gasteiger partial charge in [-0.05, 0) is 35.9 Å². The molecule has 0 aromatic heterocycles. The van der Waals surface area contributed by atoms with Crippen LogP contribution in [0.3, 0.4) is 0 Å². The quantitative estimate of drug-likeness (QED) is 0.740. The van der Waals surface area contributed by atoms with Crippen molar-refractivity contribution in [3.63, 3.8) is 0 Å². The average molecular weight is 311 g/mol. The maximum Gasteiger partial charge on any atom is 0.178 e. The van der Waals surface area contributed by atoms with E-state index in [0.717, 1.165) is 6.42 Å². The highest BCUT2D eigenvalue weighted by molar-refractivity contribution is 8.20. The Kier molecular flexibility index (Phi) is 4.20. The van der Waals surface area contributed by atoms with Crippen LogP contribution in [0.25, 0.3) is 0 Å². The molecule has 3 fully saturated rings. The van der Waals surface area contributed by atoms with E-state index in [1.807, 2.05) is 23.5 Å². The number of hydrogen-bond donors (Lipinski definition) is 1. The lowest BCUT2D eigenvalue weighted by Crippen LogP contribution is -2.53. The van der Waals surface area contributed by atoms with Gasteiger partial charge in [0.15, 0.2) is 6.29 Å². The van der Waals surface area contributed by atoms with Crippen molar-refractivity contribution in [3.8, 4) is 0 Å². The van der Waals surface area contributed by atoms with E-state index < -0.39 is 6.29 Å². The standard InChI is InChI=1S/C11H18O2S4/c12-9-11(16-5-2-6-17-11)7-10(8-13-9)14-3-1-4-15-10/h9,12H,1-8H2. The second kappa shape index (κ2) is 5.37. The molecule has 2 nitrogen and oxygen atoms in total. The summed E-state index contributed by atoms with van der Waals surface area (Å²) in [6.45, 7) is 0.715. The maximum atomic E-state index is 10.2. The molecule has 1 atom stereocenters. The summed E-state index contributed by atoms with van der Waals surface area (Å²) in [7, 11) is 0. The molecule has 0 aromatic rings. The first-order valence-electron chi connectivity index (χ1n) is 6.10. The molecule has 6 heteroatoms. The average Bonchev–Trinajstić information content (AvgIpc) is 2.37. The van der Waals surface area contributed by atoms with Crippen LogP contribution in [0.5, 0.6) is 0 Å². The van der Waals surface area contributed by atoms with Crippen molar-refractivity contribution >= 4 is 47.0 Å². The number of rotatable bonds is 0. The number of aliphatic hydroxyl groups is 1. The monoisotopic (exact) mass is 310 g/mol. The van der Waals surface area contributed by atoms with Gasteiger partial charge in [0, 0.05) is 6.42 Å². The lowest BCUT2D eigenvalue weighted by atomic mass is 10.1. The van der Waals surface area contributed by atoms with Crippen LogP contribution >= 0.6 is 47.0 Å². The molecule has 0 aromatic carbocycles. The minimum Gasteiger partial charge on any atom is -0.366 e. The number of hydrogen-bond acceptors (Lipinski definition) is 6. The van der Waals surface area contributed by atoms with Crippen LogP contribution in [0, 0.1) is 0 Å². The van der Waals surface area contributed by atoms with Crippen LogP contribution in [0.4, 0.5) is 0 Å². The molecule has 0 saturated carbocycles. The Bertz CT molecular complexity index is 275. The molecule has 2 spiro atoms. The molecular weight excluding hydrogens is 292 g/mol. The van der Waals surface area contributed by atoms with E-state index in [4.69, 9.17) is 4.74 Å². The normalized spacial score (nSPS) is 36.2. The van der Waals surface area contributed by atoms with E-state index >= 15 is 0 Å². The third-order valence-electron chi connectivity index (χ3n) is 3.35. The highest BCUT2D eigenvalue weighted by Crippen LogP contribution is 2.59. The molecule has 0 amide bonds. The fraction of sp³-hybridized carbons (Fsp3) is 1.00. The van der Waals surface area contributed by atoms with Gasteiger partial charge in [-0.3, -0.25) is 0 Å². The van der Waals surface area contributed by atoms with Crippen molar-refractivity contribution in [2.75, 3.05) is 29.6 Å². The van der Waals surface area contributed by atoms with E-state index in [0.29, 0.717) is 6.61 Å². The zero-order valence-corrected chi connectivity index (χ0v) is 13.0. The molecule has 0 aliphatic carbocycles. The molecule has 0 bridgehead atoms. The summed E-state index contributed by atoms with van der Waals surface area (Å²) in [5.41, 5.74) is 0. The van der Waals surface area contributed by atoms with Gasteiger partial charge in [-0.15, -0.1) is 47.0 Å². The Morgan fingerprint density at radius 1 is 0.941 bits per heavy atom. The predicted molar refractivity (Wildman–Crippen MR) is 81.1 cm³/mol. The Morgan fingerprint density at radius 3 is 2.18 bits per heavy atom. The van der Waals surface area contributed by atoms with Crippen LogP contribution < -0.4 is 0 Å². The third kappa shape index (κ3) is 2.63. The van der Waals surface area contributed by atoms with Gasteiger partial charge in [-0.2, -0.15) is 0 Å². The van der Waals surface area contributed by atoms with Crippen molar-refractivity contribution in [1.82, 2.24) is 0 Å². The fourth-order valence-corrected chi connectivity index (χ4v) is 9.55. The molecule has 3 aliphatic heterocycles. The summed E-state index contributed by atoms with van der Waals surface area (Å²) in [5.74, 6) is 4.83. The zero-order chi connectivity index (χ0) is 11.8. The number of thioether (sulfide) groups is 4. The molecule has 98 valence electrons. The van der Waals surface area contributed by atoms with Gasteiger partial charge >= 0.3 is 0 Å². The lowest BCUT2D eigenvalue weighted by molar-refractivity contribution is -0.127. The predicted octanol–water partition coefficient (Wildman–Crippen LogP) is 2.86. The Labute approximate surface area is 120 Å². The second-order valence-electron chi connectivity index (χ2n) is 4.66. The van der Waals surface area contributed by atoms with Crippen molar-refractivity contribution in [2.45, 2.75) is 33.7 Å². The molecule has 1 N–H and O–H groups in total. The first-order valence-corrected chi connectivity index (χ1v) is 10.0. The van der Waals surface area contributed by atoms with Crippen LogP contribution in [-0.2, 0) is 4.74 Å². The van der Waals surface area contributed by atoms with E-state index in [2.05, 4.69) is 23.5 Å². The Morgan fingerprint density at radius 2 is 1.53 bits per heavy atom. The number of aliphatic hydroxyl groups excluding tert-OH is 1. The molecular formula is C11H18O2S4. The summed E-state index contributed by atoms with van der Waals surface area (Å²) in [6.07, 6.45) is 3.09. The summed E-state index contributed by atoms with van der Waals surface area (Å²) in [5, 5.41) is 10.2. The van der Waals surface area contributed by atoms with Gasteiger partial charge in [-0.1, -0.05) is 0 Å². The summed E-state index contributed by atoms with van der Waals surface area (Å²) in [6, 6.07) is 0. The first-order chi connectivity index (χ1) is 8.25. The highest BCUT2D eigenvalue weighted by Gasteiger charge is 2.53. The third-order valence-corrected chi connectivity index (χ3v) is 9.98. The molecule has 3 saturated heterocycles. The minimum absolute atomic E-state index is 0.0894. The van der Waals surface area contributed by atoms with Crippen molar-refractivity contribution < 1.29 is 9.84 Å². The Hall–Kier alpha value is 1.32. The molecule has 17 heavy (non-hydrogen) atoms. The largest absolute Gasteiger partial charge is 0.366 e. The van der Waals surface area contributed by atoms with Gasteiger partial charge in [0.05, 0.1) is 10.7 Å². The van der Waals surface area contributed by atoms with E-state index in [1.165, 1.54) is 35.9 Å². The smallest absolute Gasteiger partial charge is 0.178 e. The van der Waals surface area contributed by atoms with Crippen molar-refractivity contribution in [1.29, 1.82) is 0 Å². The van der Waals surface area contributed by atoms with Crippen LogP contribution in [0.2, 0.25) is 0 Å². The maximum absolute atomic E-state index is 10.2. The van der Waals surface area contributed by atoms with Gasteiger partial charge in [-0.25, -0.2) is 0 Å². The topological polar surface area (TPSA) is 29.5 Å². The van der Waals surface area contributed by atoms with Crippen LogP contribution in [0.15, 0.2) is 0 Å². The molecule has 1 unspecified atom stereocenters. The summed E-state index contributed by atoms with van der Waals surface area (Å²) < 4.78 is 5.86. The van der Waals surface area contributed by atoms with Gasteiger partial charge < -0.3 is 9.84 Å². The van der Waals surface area contributed by atoms with Gasteiger partial charge in [0.2, 0.25) is 0 Å². The van der Waals surface area contributed by atoms with E-state index in [1.54, 1.807) is 0 Å².